The summed E-state index contributed by atoms with van der Waals surface area (Å²) in [7, 11) is 7.48. The zero-order chi connectivity index (χ0) is 96.9. The molecule has 27 nitrogen and oxygen atoms in total. The second-order valence-corrected chi connectivity index (χ2v) is 26.1. The van der Waals surface area contributed by atoms with Crippen LogP contribution in [-0.2, 0) is 113 Å². The Morgan fingerprint density at radius 2 is 0.603 bits per heavy atom. The molecule has 735 valence electrons. The smallest absolute Gasteiger partial charge is 0.431 e. The van der Waals surface area contributed by atoms with Crippen molar-refractivity contribution in [3.63, 3.8) is 0 Å². The Labute approximate surface area is 866 Å². The Morgan fingerprint density at radius 1 is 0.312 bits per heavy atom. The van der Waals surface area contributed by atoms with Crippen LogP contribution in [0, 0.1) is 59.4 Å². The normalized spacial score (nSPS) is 9.90. The van der Waals surface area contributed by atoms with Crippen molar-refractivity contribution in [2.24, 2.45) is 0 Å². The maximum Gasteiger partial charge on any atom is 0.431 e. The molecule has 5 radical (unpaired) electrons. The molecule has 43 heteroatoms. The van der Waals surface area contributed by atoms with E-state index in [1.165, 1.54) is 127 Å². The van der Waals surface area contributed by atoms with Gasteiger partial charge in [-0.05, 0) is 137 Å². The van der Waals surface area contributed by atoms with Crippen LogP contribution >= 0.6 is 0 Å². The van der Waals surface area contributed by atoms with E-state index in [2.05, 4.69) is 131 Å². The molecule has 0 aliphatic rings. The first-order valence-electron chi connectivity index (χ1n) is 39.3. The first kappa shape index (κ1) is 117. The fourth-order valence-electron chi connectivity index (χ4n) is 10.8. The number of carboxylic acids is 1. The van der Waals surface area contributed by atoms with Crippen molar-refractivity contribution in [1.29, 1.82) is 0 Å². The summed E-state index contributed by atoms with van der Waals surface area (Å²) in [6, 6.07) is 83.0. The van der Waals surface area contributed by atoms with E-state index in [0.717, 1.165) is 23.1 Å². The number of alkyl halides is 6. The fraction of sp³-hybridized carbons (Fsp3) is 0.0714. The predicted octanol–water partition coefficient (Wildman–Crippen LogP) is 19.5. The van der Waals surface area contributed by atoms with E-state index in [1.807, 2.05) is 133 Å². The number of carboxylic acid groups (broad SMARTS) is 1. The topological polar surface area (TPSA) is 346 Å². The van der Waals surface area contributed by atoms with Gasteiger partial charge in [-0.1, -0.05) is 173 Å². The van der Waals surface area contributed by atoms with Crippen molar-refractivity contribution in [3.05, 3.63) is 406 Å². The monoisotopic (exact) mass is 2810 g/mol. The SMILES string of the molecule is COc1cc(F)c[c-]c1-c1ccccn1.COc1cc(F)c[c-]c1-c1ccccn1.COc1cc(F)c[c-]c1-c1ccccn1.COc1cc(F)c[c-]c1-c1ccccn1.COc1cc(F)c[c-]c1-c1ccccn1.FC(F)(F)c1cc(-c2ccccn2)[n-]n1.FC(F)(F)c1n[n-]c(-c2ccccn2)n1.O=C(O)c1ccccn1.[Ir].[Ir].[Ir].[Ir].[Ir].c1ccc(-c2ccn[n-]2)nc1.c1ccc(-c2cnn[n-]2)nc1. The van der Waals surface area contributed by atoms with Gasteiger partial charge in [-0.15, -0.1) is 60.7 Å². The van der Waals surface area contributed by atoms with Gasteiger partial charge in [-0.2, -0.15) is 26.3 Å². The van der Waals surface area contributed by atoms with E-state index in [0.29, 0.717) is 96.4 Å². The Bertz CT molecular complexity index is 6060. The van der Waals surface area contributed by atoms with E-state index in [4.69, 9.17) is 28.8 Å². The van der Waals surface area contributed by atoms with Crippen LogP contribution in [0.2, 0.25) is 0 Å². The molecule has 1 N–H and O–H groups in total. The average Bonchev–Trinajstić information content (AvgIpc) is 1.65. The van der Waals surface area contributed by atoms with Gasteiger partial charge in [-0.25, -0.2) is 9.78 Å². The number of nitrogens with zero attached hydrogens (tertiary/aromatic N) is 20. The van der Waals surface area contributed by atoms with E-state index in [9.17, 15) is 53.1 Å². The van der Waals surface area contributed by atoms with Crippen LogP contribution in [0.4, 0.5) is 48.3 Å². The van der Waals surface area contributed by atoms with Gasteiger partial charge in [0.2, 0.25) is 0 Å². The summed E-state index contributed by atoms with van der Waals surface area (Å²) < 4.78 is 163. The number of pyridine rings is 10. The van der Waals surface area contributed by atoms with Crippen molar-refractivity contribution in [3.8, 4) is 131 Å². The molecule has 0 spiro atoms. The van der Waals surface area contributed by atoms with Gasteiger partial charge < -0.3 is 94.4 Å². The second kappa shape index (κ2) is 61.5. The molecule has 14 aromatic heterocycles. The molecule has 0 aliphatic heterocycles. The molecule has 0 aliphatic carbocycles. The van der Waals surface area contributed by atoms with Gasteiger partial charge in [0.1, 0.15) is 17.2 Å². The standard InChI is InChI=1S/5C12H9FNO.C9H5F3N3.C8H4F3N4.C8H6N3.C7H5N4.C6H5NO2.5Ir/c5*1-15-12-8-9(13)5-6-10(12)11-4-2-3-7-14-11;10-9(11,12)8-5-7(14-15-8)6-3-1-2-4-13-6;9-8(10,11)7-13-6(14-15-7)5-3-1-2-4-12-5;1-2-5-9-7(3-1)8-4-6-10-11-8;1-2-4-8-6(3-1)7-5-9-11-10-7;8-6(9)5-3-1-2-4-7-5;;;;;/h5*2-5,7-8H,1H3;1-5H;1-4H;1-6H;1-5H;1-4H,(H,8,9);;;;;/q9*-1;;;;;;. The second-order valence-electron chi connectivity index (χ2n) is 26.1. The molecule has 5 aromatic carbocycles. The number of hydrogen-bond donors (Lipinski definition) is 1. The summed E-state index contributed by atoms with van der Waals surface area (Å²) in [5, 5.41) is 39.4. The quantitative estimate of drug-likeness (QED) is 0.0736. The van der Waals surface area contributed by atoms with Gasteiger partial charge in [0, 0.05) is 238 Å². The summed E-state index contributed by atoms with van der Waals surface area (Å²) in [5.74, 6) is -2.01. The summed E-state index contributed by atoms with van der Waals surface area (Å²) in [4.78, 5) is 53.6. The van der Waals surface area contributed by atoms with Gasteiger partial charge in [-0.3, -0.25) is 52.2 Å². The number of hydrogen-bond acceptors (Lipinski definition) is 22. The Morgan fingerprint density at radius 3 is 0.830 bits per heavy atom. The summed E-state index contributed by atoms with van der Waals surface area (Å²) in [5.41, 5.74) is 9.97. The zero-order valence-electron chi connectivity index (χ0n) is 73.3. The number of methoxy groups -OCH3 is 5. The molecular formula is C98H70F11Ir5N20O7-9. The van der Waals surface area contributed by atoms with Crippen LogP contribution in [-0.4, -0.2) is 127 Å². The number of benzene rings is 5. The molecule has 141 heavy (non-hydrogen) atoms. The molecule has 0 unspecified atom stereocenters. The van der Waals surface area contributed by atoms with Crippen LogP contribution in [0.15, 0.2) is 329 Å². The summed E-state index contributed by atoms with van der Waals surface area (Å²) in [6.07, 6.45) is 10.4. The Kier molecular flexibility index (Phi) is 51.0. The van der Waals surface area contributed by atoms with Crippen molar-refractivity contribution in [2.45, 2.75) is 12.4 Å². The molecule has 0 saturated heterocycles. The third kappa shape index (κ3) is 37.8. The Hall–Kier alpha value is -14.8. The molecule has 0 saturated carbocycles. The van der Waals surface area contributed by atoms with Crippen LogP contribution in [0.1, 0.15) is 22.0 Å². The van der Waals surface area contributed by atoms with Crippen LogP contribution in [0.25, 0.3) is 102 Å². The number of aromatic nitrogens is 20. The maximum atomic E-state index is 12.9. The van der Waals surface area contributed by atoms with E-state index in [-0.39, 0.29) is 153 Å². The third-order valence-electron chi connectivity index (χ3n) is 17.0. The minimum atomic E-state index is -4.57. The minimum Gasteiger partial charge on any atom is -0.574 e. The Balaban J connectivity index is 0.000000276. The molecule has 0 amide bonds. The van der Waals surface area contributed by atoms with Crippen molar-refractivity contribution < 1.29 is 182 Å². The molecule has 19 aromatic rings. The van der Waals surface area contributed by atoms with Crippen LogP contribution < -0.4 is 44.1 Å². The third-order valence-corrected chi connectivity index (χ3v) is 17.0. The van der Waals surface area contributed by atoms with Gasteiger partial charge in [0.15, 0.2) is 0 Å². The first-order chi connectivity index (χ1) is 65.9. The largest absolute Gasteiger partial charge is 0.574 e. The number of carbonyl (C=O) groups is 1. The van der Waals surface area contributed by atoms with Gasteiger partial charge in [0.25, 0.3) is 0 Å². The minimum absolute atomic E-state index is 0. The summed E-state index contributed by atoms with van der Waals surface area (Å²) >= 11 is 0. The zero-order valence-corrected chi connectivity index (χ0v) is 85.3. The van der Waals surface area contributed by atoms with Crippen molar-refractivity contribution >= 4 is 5.97 Å². The molecule has 0 atom stereocenters. The molecule has 0 bridgehead atoms. The first-order valence-corrected chi connectivity index (χ1v) is 39.3. The number of halogens is 11. The van der Waals surface area contributed by atoms with E-state index < -0.39 is 29.8 Å². The number of rotatable bonds is 15. The predicted molar refractivity (Wildman–Crippen MR) is 475 cm³/mol. The maximum absolute atomic E-state index is 12.9. The molecular weight excluding hydrogens is 2740 g/mol. The molecule has 14 heterocycles. The van der Waals surface area contributed by atoms with Crippen molar-refractivity contribution in [2.75, 3.05) is 35.5 Å². The van der Waals surface area contributed by atoms with Crippen LogP contribution in [0.3, 0.4) is 0 Å². The average molecular weight is 2810 g/mol. The van der Waals surface area contributed by atoms with E-state index >= 15 is 0 Å². The van der Waals surface area contributed by atoms with E-state index in [1.54, 1.807) is 98.2 Å². The van der Waals surface area contributed by atoms with Gasteiger partial charge >= 0.3 is 18.3 Å². The summed E-state index contributed by atoms with van der Waals surface area (Å²) in [6.45, 7) is 0. The fourth-order valence-corrected chi connectivity index (χ4v) is 10.8. The van der Waals surface area contributed by atoms with Gasteiger partial charge in [0.05, 0.1) is 46.9 Å². The number of aromatic carboxylic acids is 1. The molecule has 19 rings (SSSR count). The van der Waals surface area contributed by atoms with Crippen molar-refractivity contribution in [1.82, 2.24) is 101 Å². The molecule has 0 fully saturated rings. The van der Waals surface area contributed by atoms with Crippen LogP contribution in [0.5, 0.6) is 28.7 Å². The number of ether oxygens (including phenoxy) is 5.